The molecule has 132 valence electrons. The van der Waals surface area contributed by atoms with Gasteiger partial charge in [0, 0.05) is 16.3 Å². The van der Waals surface area contributed by atoms with Crippen molar-refractivity contribution in [1.82, 2.24) is 5.32 Å². The first-order valence-electron chi connectivity index (χ1n) is 7.05. The Bertz CT molecular complexity index is 882. The molecule has 0 heterocycles. The molecule has 2 N–H and O–H groups in total. The first-order valence-corrected chi connectivity index (χ1v) is 8.91. The van der Waals surface area contributed by atoms with Crippen LogP contribution in [0, 0.1) is 0 Å². The molecule has 2 rings (SSSR count). The Kier molecular flexibility index (Phi) is 6.00. The van der Waals surface area contributed by atoms with Crippen LogP contribution >= 0.6 is 11.6 Å². The van der Waals surface area contributed by atoms with E-state index in [1.165, 1.54) is 49.6 Å². The Morgan fingerprint density at radius 2 is 1.80 bits per heavy atom. The summed E-state index contributed by atoms with van der Waals surface area (Å²) in [5.41, 5.74) is 0.555. The first-order chi connectivity index (χ1) is 11.8. The molecule has 0 aromatic heterocycles. The van der Waals surface area contributed by atoms with E-state index in [0.717, 1.165) is 0 Å². The number of nitrogens with one attached hydrogen (secondary N) is 2. The van der Waals surface area contributed by atoms with E-state index in [2.05, 4.69) is 14.8 Å². The maximum atomic E-state index is 12.3. The van der Waals surface area contributed by atoms with Gasteiger partial charge in [-0.2, -0.15) is 0 Å². The van der Waals surface area contributed by atoms with E-state index < -0.39 is 21.9 Å². The van der Waals surface area contributed by atoms with Crippen LogP contribution in [0.25, 0.3) is 0 Å². The highest BCUT2D eigenvalue weighted by atomic mass is 35.5. The zero-order chi connectivity index (χ0) is 18.4. The number of esters is 1. The lowest BCUT2D eigenvalue weighted by Gasteiger charge is -2.09. The highest BCUT2D eigenvalue weighted by Crippen LogP contribution is 2.19. The second kappa shape index (κ2) is 8.00. The van der Waals surface area contributed by atoms with Gasteiger partial charge < -0.3 is 10.1 Å². The van der Waals surface area contributed by atoms with Gasteiger partial charge in [-0.15, -0.1) is 0 Å². The molecule has 0 aliphatic rings. The van der Waals surface area contributed by atoms with Crippen molar-refractivity contribution >= 4 is 39.2 Å². The molecule has 2 aromatic rings. The maximum Gasteiger partial charge on any atom is 0.325 e. The zero-order valence-electron chi connectivity index (χ0n) is 13.2. The molecule has 0 aliphatic heterocycles. The third kappa shape index (κ3) is 5.20. The van der Waals surface area contributed by atoms with E-state index in [4.69, 9.17) is 11.6 Å². The van der Waals surface area contributed by atoms with E-state index in [1.54, 1.807) is 6.07 Å². The van der Waals surface area contributed by atoms with Gasteiger partial charge in [-0.3, -0.25) is 14.3 Å². The van der Waals surface area contributed by atoms with Crippen LogP contribution in [-0.2, 0) is 19.6 Å². The molecule has 0 saturated carbocycles. The lowest BCUT2D eigenvalue weighted by atomic mass is 10.2. The van der Waals surface area contributed by atoms with Crippen LogP contribution in [0.2, 0.25) is 5.02 Å². The van der Waals surface area contributed by atoms with Gasteiger partial charge in [-0.05, 0) is 42.5 Å². The van der Waals surface area contributed by atoms with E-state index in [0.29, 0.717) is 5.02 Å². The summed E-state index contributed by atoms with van der Waals surface area (Å²) in [5, 5.41) is 2.69. The molecule has 0 bridgehead atoms. The summed E-state index contributed by atoms with van der Waals surface area (Å²) in [7, 11) is -2.57. The van der Waals surface area contributed by atoms with E-state index in [9.17, 15) is 18.0 Å². The highest BCUT2D eigenvalue weighted by Gasteiger charge is 2.15. The summed E-state index contributed by atoms with van der Waals surface area (Å²) in [6, 6.07) is 11.6. The number of hydrogen-bond donors (Lipinski definition) is 2. The zero-order valence-corrected chi connectivity index (χ0v) is 14.7. The van der Waals surface area contributed by atoms with Gasteiger partial charge in [-0.1, -0.05) is 17.7 Å². The molecule has 0 spiro atoms. The van der Waals surface area contributed by atoms with Crippen LogP contribution in [0.1, 0.15) is 10.4 Å². The summed E-state index contributed by atoms with van der Waals surface area (Å²) in [5.74, 6) is -1.05. The van der Waals surface area contributed by atoms with Crippen molar-refractivity contribution in [3.8, 4) is 0 Å². The van der Waals surface area contributed by atoms with E-state index in [1.807, 2.05) is 0 Å². The van der Waals surface area contributed by atoms with Gasteiger partial charge in [0.05, 0.1) is 12.0 Å². The number of halogens is 1. The molecule has 0 fully saturated rings. The minimum Gasteiger partial charge on any atom is -0.468 e. The number of sulfonamides is 1. The number of hydrogen-bond acceptors (Lipinski definition) is 5. The highest BCUT2D eigenvalue weighted by molar-refractivity contribution is 7.92. The van der Waals surface area contributed by atoms with Crippen molar-refractivity contribution in [3.63, 3.8) is 0 Å². The molecule has 2 aromatic carbocycles. The normalized spacial score (nSPS) is 10.8. The fourth-order valence-electron chi connectivity index (χ4n) is 1.86. The van der Waals surface area contributed by atoms with Crippen LogP contribution in [-0.4, -0.2) is 33.9 Å². The SMILES string of the molecule is COC(=O)CNC(=O)c1ccc(NS(=O)(=O)c2cccc(Cl)c2)cc1. The molecular formula is C16H15ClN2O5S. The second-order valence-corrected chi connectivity index (χ2v) is 7.02. The van der Waals surface area contributed by atoms with Gasteiger partial charge in [0.1, 0.15) is 6.54 Å². The molecule has 0 radical (unpaired) electrons. The fraction of sp³-hybridized carbons (Fsp3) is 0.125. The maximum absolute atomic E-state index is 12.3. The number of rotatable bonds is 6. The lowest BCUT2D eigenvalue weighted by molar-refractivity contribution is -0.139. The summed E-state index contributed by atoms with van der Waals surface area (Å²) in [6.07, 6.45) is 0. The van der Waals surface area contributed by atoms with Gasteiger partial charge in [0.25, 0.3) is 15.9 Å². The van der Waals surface area contributed by atoms with Crippen molar-refractivity contribution in [3.05, 3.63) is 59.1 Å². The van der Waals surface area contributed by atoms with Crippen LogP contribution in [0.3, 0.4) is 0 Å². The Labute approximate surface area is 150 Å². The quantitative estimate of drug-likeness (QED) is 0.744. The summed E-state index contributed by atoms with van der Waals surface area (Å²) < 4.78 is 31.4. The standard InChI is InChI=1S/C16H15ClN2O5S/c1-24-15(20)10-18-16(21)11-5-7-13(8-6-11)19-25(22,23)14-4-2-3-12(17)9-14/h2-9,19H,10H2,1H3,(H,18,21). The van der Waals surface area contributed by atoms with Gasteiger partial charge in [-0.25, -0.2) is 8.42 Å². The number of anilines is 1. The molecule has 25 heavy (non-hydrogen) atoms. The predicted octanol–water partition coefficient (Wildman–Crippen LogP) is 2.04. The van der Waals surface area contributed by atoms with Crippen molar-refractivity contribution < 1.29 is 22.7 Å². The van der Waals surface area contributed by atoms with Crippen LogP contribution < -0.4 is 10.0 Å². The van der Waals surface area contributed by atoms with Crippen molar-refractivity contribution in [2.45, 2.75) is 4.90 Å². The molecule has 0 aliphatic carbocycles. The number of carbonyl (C=O) groups excluding carboxylic acids is 2. The average molecular weight is 383 g/mol. The topological polar surface area (TPSA) is 102 Å². The largest absolute Gasteiger partial charge is 0.468 e. The predicted molar refractivity (Wildman–Crippen MR) is 93.1 cm³/mol. The third-order valence-corrected chi connectivity index (χ3v) is 4.74. The Morgan fingerprint density at radius 3 is 2.40 bits per heavy atom. The van der Waals surface area contributed by atoms with Crippen molar-refractivity contribution in [1.29, 1.82) is 0 Å². The minimum absolute atomic E-state index is 0.0277. The molecule has 0 unspecified atom stereocenters. The number of methoxy groups -OCH3 is 1. The molecule has 0 atom stereocenters. The lowest BCUT2D eigenvalue weighted by Crippen LogP contribution is -2.30. The second-order valence-electron chi connectivity index (χ2n) is 4.90. The van der Waals surface area contributed by atoms with Crippen LogP contribution in [0.5, 0.6) is 0 Å². The van der Waals surface area contributed by atoms with Gasteiger partial charge in [0.2, 0.25) is 0 Å². The van der Waals surface area contributed by atoms with Crippen molar-refractivity contribution in [2.75, 3.05) is 18.4 Å². The Morgan fingerprint density at radius 1 is 1.12 bits per heavy atom. The Hall–Kier alpha value is -2.58. The van der Waals surface area contributed by atoms with E-state index in [-0.39, 0.29) is 22.7 Å². The minimum atomic E-state index is -3.79. The third-order valence-electron chi connectivity index (χ3n) is 3.13. The molecular weight excluding hydrogens is 368 g/mol. The number of benzene rings is 2. The Balaban J connectivity index is 2.07. The molecule has 1 amide bonds. The summed E-state index contributed by atoms with van der Waals surface area (Å²) >= 11 is 5.80. The number of ether oxygens (including phenoxy) is 1. The smallest absolute Gasteiger partial charge is 0.325 e. The number of carbonyl (C=O) groups is 2. The summed E-state index contributed by atoms with van der Waals surface area (Å²) in [4.78, 5) is 22.9. The molecule has 9 heteroatoms. The fourth-order valence-corrected chi connectivity index (χ4v) is 3.22. The van der Waals surface area contributed by atoms with Gasteiger partial charge in [0.15, 0.2) is 0 Å². The average Bonchev–Trinajstić information content (AvgIpc) is 2.59. The first kappa shape index (κ1) is 18.8. The van der Waals surface area contributed by atoms with Crippen molar-refractivity contribution in [2.24, 2.45) is 0 Å². The van der Waals surface area contributed by atoms with Crippen LogP contribution in [0.4, 0.5) is 5.69 Å². The van der Waals surface area contributed by atoms with E-state index >= 15 is 0 Å². The number of amides is 1. The van der Waals surface area contributed by atoms with Crippen LogP contribution in [0.15, 0.2) is 53.4 Å². The molecule has 7 nitrogen and oxygen atoms in total. The van der Waals surface area contributed by atoms with Gasteiger partial charge >= 0.3 is 5.97 Å². The molecule has 0 saturated heterocycles. The monoisotopic (exact) mass is 382 g/mol. The summed E-state index contributed by atoms with van der Waals surface area (Å²) in [6.45, 7) is -0.252.